The molecule has 1 amide bonds. The first-order valence-corrected chi connectivity index (χ1v) is 10.8. The summed E-state index contributed by atoms with van der Waals surface area (Å²) in [6, 6.07) is 8.75. The SMILES string of the molecule is CCc1noc(-c2ccc(N3CC[C@H](C(=O)N4CCN(C(C)C)CC4)C3)cc2)n1.Cl. The van der Waals surface area contributed by atoms with Crippen molar-refractivity contribution in [1.29, 1.82) is 0 Å². The number of anilines is 1. The maximum atomic E-state index is 13.0. The number of nitrogens with zero attached hydrogens (tertiary/aromatic N) is 5. The van der Waals surface area contributed by atoms with E-state index in [4.69, 9.17) is 4.52 Å². The topological polar surface area (TPSA) is 65.7 Å². The molecule has 164 valence electrons. The van der Waals surface area contributed by atoms with E-state index < -0.39 is 0 Å². The lowest BCUT2D eigenvalue weighted by Gasteiger charge is -2.37. The summed E-state index contributed by atoms with van der Waals surface area (Å²) in [5, 5.41) is 3.96. The highest BCUT2D eigenvalue weighted by molar-refractivity contribution is 5.85. The molecule has 2 saturated heterocycles. The second-order valence-corrected chi connectivity index (χ2v) is 8.30. The van der Waals surface area contributed by atoms with Crippen LogP contribution in [0.2, 0.25) is 0 Å². The molecule has 30 heavy (non-hydrogen) atoms. The molecule has 4 rings (SSSR count). The predicted octanol–water partition coefficient (Wildman–Crippen LogP) is 3.10. The van der Waals surface area contributed by atoms with E-state index in [1.807, 2.05) is 19.1 Å². The Morgan fingerprint density at radius 3 is 2.43 bits per heavy atom. The number of amides is 1. The van der Waals surface area contributed by atoms with Gasteiger partial charge in [-0.15, -0.1) is 12.4 Å². The Morgan fingerprint density at radius 1 is 1.13 bits per heavy atom. The third-order valence-electron chi connectivity index (χ3n) is 6.16. The molecule has 0 spiro atoms. The molecule has 1 aromatic carbocycles. The number of hydrogen-bond donors (Lipinski definition) is 0. The molecule has 2 aliphatic heterocycles. The third-order valence-corrected chi connectivity index (χ3v) is 6.16. The van der Waals surface area contributed by atoms with Crippen LogP contribution in [0.1, 0.15) is 33.0 Å². The van der Waals surface area contributed by atoms with Gasteiger partial charge in [-0.2, -0.15) is 4.98 Å². The van der Waals surface area contributed by atoms with Crippen LogP contribution in [0.25, 0.3) is 11.5 Å². The van der Waals surface area contributed by atoms with Gasteiger partial charge in [-0.25, -0.2) is 0 Å². The predicted molar refractivity (Wildman–Crippen MR) is 120 cm³/mol. The Labute approximate surface area is 184 Å². The first kappa shape index (κ1) is 22.6. The number of benzene rings is 1. The van der Waals surface area contributed by atoms with Crippen molar-refractivity contribution in [2.75, 3.05) is 44.2 Å². The minimum Gasteiger partial charge on any atom is -0.371 e. The Kier molecular flexibility index (Phi) is 7.36. The van der Waals surface area contributed by atoms with Crippen LogP contribution >= 0.6 is 12.4 Å². The van der Waals surface area contributed by atoms with Crippen LogP contribution < -0.4 is 4.90 Å². The van der Waals surface area contributed by atoms with Crippen LogP contribution in [0.4, 0.5) is 5.69 Å². The Bertz CT molecular complexity index is 830. The maximum Gasteiger partial charge on any atom is 0.257 e. The van der Waals surface area contributed by atoms with Crippen LogP contribution in [0.3, 0.4) is 0 Å². The van der Waals surface area contributed by atoms with Crippen molar-refractivity contribution in [2.45, 2.75) is 39.7 Å². The summed E-state index contributed by atoms with van der Waals surface area (Å²) in [5.74, 6) is 1.71. The number of rotatable bonds is 5. The summed E-state index contributed by atoms with van der Waals surface area (Å²) < 4.78 is 5.32. The van der Waals surface area contributed by atoms with Crippen LogP contribution in [0.15, 0.2) is 28.8 Å². The summed E-state index contributed by atoms with van der Waals surface area (Å²) in [4.78, 5) is 24.2. The minimum atomic E-state index is 0. The molecule has 8 heteroatoms. The molecular formula is C22H32ClN5O2. The molecule has 2 fully saturated rings. The summed E-state index contributed by atoms with van der Waals surface area (Å²) in [5.41, 5.74) is 2.07. The molecule has 7 nitrogen and oxygen atoms in total. The second-order valence-electron chi connectivity index (χ2n) is 8.30. The Balaban J connectivity index is 0.00000256. The molecule has 0 saturated carbocycles. The quantitative estimate of drug-likeness (QED) is 0.721. The molecule has 1 atom stereocenters. The zero-order valence-electron chi connectivity index (χ0n) is 18.1. The van der Waals surface area contributed by atoms with Gasteiger partial charge in [0.2, 0.25) is 5.91 Å². The fourth-order valence-corrected chi connectivity index (χ4v) is 4.24. The zero-order chi connectivity index (χ0) is 20.4. The molecule has 0 radical (unpaired) electrons. The monoisotopic (exact) mass is 433 g/mol. The van der Waals surface area contributed by atoms with Crippen molar-refractivity contribution in [2.24, 2.45) is 5.92 Å². The van der Waals surface area contributed by atoms with E-state index in [2.05, 4.69) is 50.8 Å². The van der Waals surface area contributed by atoms with E-state index in [9.17, 15) is 4.79 Å². The van der Waals surface area contributed by atoms with Crippen LogP contribution in [0.5, 0.6) is 0 Å². The van der Waals surface area contributed by atoms with Crippen LogP contribution in [0, 0.1) is 5.92 Å². The highest BCUT2D eigenvalue weighted by Gasteiger charge is 2.33. The van der Waals surface area contributed by atoms with Crippen molar-refractivity contribution >= 4 is 24.0 Å². The second kappa shape index (κ2) is 9.79. The van der Waals surface area contributed by atoms with Gasteiger partial charge in [0.05, 0.1) is 5.92 Å². The summed E-state index contributed by atoms with van der Waals surface area (Å²) in [6.45, 7) is 11.8. The van der Waals surface area contributed by atoms with Gasteiger partial charge in [-0.05, 0) is 44.5 Å². The van der Waals surface area contributed by atoms with Gasteiger partial charge in [0.15, 0.2) is 5.82 Å². The highest BCUT2D eigenvalue weighted by atomic mass is 35.5. The van der Waals surface area contributed by atoms with E-state index in [0.717, 1.165) is 69.2 Å². The van der Waals surface area contributed by atoms with Crippen molar-refractivity contribution < 1.29 is 9.32 Å². The van der Waals surface area contributed by atoms with E-state index in [1.165, 1.54) is 0 Å². The Morgan fingerprint density at radius 2 is 1.83 bits per heavy atom. The first-order chi connectivity index (χ1) is 14.0. The maximum absolute atomic E-state index is 13.0. The molecule has 0 unspecified atom stereocenters. The van der Waals surface area contributed by atoms with Crippen molar-refractivity contribution in [3.63, 3.8) is 0 Å². The van der Waals surface area contributed by atoms with Crippen molar-refractivity contribution in [3.8, 4) is 11.5 Å². The number of carbonyl (C=O) groups is 1. The van der Waals surface area contributed by atoms with Gasteiger partial charge in [-0.3, -0.25) is 9.69 Å². The van der Waals surface area contributed by atoms with Crippen molar-refractivity contribution in [3.05, 3.63) is 30.1 Å². The highest BCUT2D eigenvalue weighted by Crippen LogP contribution is 2.28. The minimum absolute atomic E-state index is 0. The number of halogens is 1. The van der Waals surface area contributed by atoms with E-state index in [-0.39, 0.29) is 18.3 Å². The normalized spacial score (nSPS) is 19.9. The number of piperazine rings is 1. The average molecular weight is 434 g/mol. The van der Waals surface area contributed by atoms with Gasteiger partial charge in [0.25, 0.3) is 5.89 Å². The molecule has 1 aromatic heterocycles. The number of hydrogen-bond acceptors (Lipinski definition) is 6. The molecule has 0 aliphatic carbocycles. The van der Waals surface area contributed by atoms with Crippen molar-refractivity contribution in [1.82, 2.24) is 19.9 Å². The lowest BCUT2D eigenvalue weighted by molar-refractivity contribution is -0.136. The number of aryl methyl sites for hydroxylation is 1. The fourth-order valence-electron chi connectivity index (χ4n) is 4.24. The summed E-state index contributed by atoms with van der Waals surface area (Å²) >= 11 is 0. The summed E-state index contributed by atoms with van der Waals surface area (Å²) in [6.07, 6.45) is 1.69. The van der Waals surface area contributed by atoms with E-state index in [1.54, 1.807) is 0 Å². The lowest BCUT2D eigenvalue weighted by Crippen LogP contribution is -2.52. The summed E-state index contributed by atoms with van der Waals surface area (Å²) in [7, 11) is 0. The fraction of sp³-hybridized carbons (Fsp3) is 0.591. The van der Waals surface area contributed by atoms with Gasteiger partial charge in [0, 0.05) is 63.0 Å². The van der Waals surface area contributed by atoms with Gasteiger partial charge >= 0.3 is 0 Å². The first-order valence-electron chi connectivity index (χ1n) is 10.8. The standard InChI is InChI=1S/C22H31N5O2.ClH/c1-4-20-23-21(29-24-20)17-5-7-19(8-6-17)27-10-9-18(15-27)22(28)26-13-11-25(12-14-26)16(2)3;/h5-8,16,18H,4,9-15H2,1-3H3;1H/t18-;/m0./s1. The molecule has 3 heterocycles. The van der Waals surface area contributed by atoms with Gasteiger partial charge < -0.3 is 14.3 Å². The van der Waals surface area contributed by atoms with Crippen LogP contribution in [-0.2, 0) is 11.2 Å². The molecule has 0 N–H and O–H groups in total. The van der Waals surface area contributed by atoms with Gasteiger partial charge in [-0.1, -0.05) is 12.1 Å². The Hall–Kier alpha value is -2.12. The third kappa shape index (κ3) is 4.78. The lowest BCUT2D eigenvalue weighted by atomic mass is 10.1. The molecular weight excluding hydrogens is 402 g/mol. The zero-order valence-corrected chi connectivity index (χ0v) is 18.9. The van der Waals surface area contributed by atoms with Gasteiger partial charge in [0.1, 0.15) is 0 Å². The van der Waals surface area contributed by atoms with E-state index in [0.29, 0.717) is 17.8 Å². The van der Waals surface area contributed by atoms with Crippen LogP contribution in [-0.4, -0.2) is 71.2 Å². The molecule has 2 aliphatic rings. The number of aromatic nitrogens is 2. The largest absolute Gasteiger partial charge is 0.371 e. The van der Waals surface area contributed by atoms with E-state index >= 15 is 0 Å². The number of carbonyl (C=O) groups excluding carboxylic acids is 1. The average Bonchev–Trinajstić information content (AvgIpc) is 3.43. The molecule has 0 bridgehead atoms. The molecule has 2 aromatic rings. The smallest absolute Gasteiger partial charge is 0.257 e.